The number of rotatable bonds is 2. The summed E-state index contributed by atoms with van der Waals surface area (Å²) in [5.41, 5.74) is -0.542. The van der Waals surface area contributed by atoms with Gasteiger partial charge in [-0.25, -0.2) is 9.97 Å². The Morgan fingerprint density at radius 3 is 2.45 bits per heavy atom. The molecule has 0 aliphatic rings. The third kappa shape index (κ3) is 3.41. The summed E-state index contributed by atoms with van der Waals surface area (Å²) in [5, 5.41) is 0.255. The van der Waals surface area contributed by atoms with Gasteiger partial charge in [0.1, 0.15) is 11.0 Å². The Balaban J connectivity index is 2.50. The van der Waals surface area contributed by atoms with E-state index in [2.05, 4.69) is 9.97 Å². The van der Waals surface area contributed by atoms with Crippen LogP contribution < -0.4 is 0 Å². The molecule has 2 rings (SSSR count). The number of hydrogen-bond donors (Lipinski definition) is 0. The van der Waals surface area contributed by atoms with Crippen LogP contribution >= 0.6 is 23.2 Å². The maximum Gasteiger partial charge on any atom is 0.433 e. The molecule has 2 aromatic rings. The van der Waals surface area contributed by atoms with Gasteiger partial charge in [-0.05, 0) is 24.6 Å². The van der Waals surface area contributed by atoms with Gasteiger partial charge in [-0.15, -0.1) is 0 Å². The van der Waals surface area contributed by atoms with E-state index in [1.807, 2.05) is 0 Å². The molecule has 1 aromatic carbocycles. The van der Waals surface area contributed by atoms with Crippen molar-refractivity contribution in [3.8, 4) is 0 Å². The topological polar surface area (TPSA) is 25.8 Å². The lowest BCUT2D eigenvalue weighted by Crippen LogP contribution is -2.15. The first-order valence-corrected chi connectivity index (χ1v) is 6.37. The molecule has 20 heavy (non-hydrogen) atoms. The zero-order valence-corrected chi connectivity index (χ0v) is 11.8. The third-order valence-corrected chi connectivity index (χ3v) is 3.15. The SMILES string of the molecule is Cc1nc(Cl)c(Cc2cccc(Cl)c2)c(C(F)(F)F)n1. The molecule has 0 radical (unpaired) electrons. The van der Waals surface area contributed by atoms with Gasteiger partial charge >= 0.3 is 6.18 Å². The predicted octanol–water partition coefficient (Wildman–Crippen LogP) is 4.70. The standard InChI is InChI=1S/C13H9Cl2F3N2/c1-7-19-11(13(16,17)18)10(12(15)20-7)6-8-3-2-4-9(14)5-8/h2-5H,6H2,1H3. The van der Waals surface area contributed by atoms with Crippen LogP contribution in [0.1, 0.15) is 22.6 Å². The Bertz CT molecular complexity index is 642. The first-order valence-electron chi connectivity index (χ1n) is 5.62. The molecular weight excluding hydrogens is 312 g/mol. The Labute approximate surface area is 123 Å². The number of alkyl halides is 3. The number of aryl methyl sites for hydroxylation is 1. The van der Waals surface area contributed by atoms with Crippen LogP contribution in [0.15, 0.2) is 24.3 Å². The van der Waals surface area contributed by atoms with E-state index in [4.69, 9.17) is 23.2 Å². The van der Waals surface area contributed by atoms with Gasteiger partial charge in [-0.3, -0.25) is 0 Å². The van der Waals surface area contributed by atoms with Crippen LogP contribution in [0.5, 0.6) is 0 Å². The molecule has 7 heteroatoms. The third-order valence-electron chi connectivity index (χ3n) is 2.61. The molecule has 106 valence electrons. The highest BCUT2D eigenvalue weighted by atomic mass is 35.5. The van der Waals surface area contributed by atoms with Crippen molar-refractivity contribution in [3.63, 3.8) is 0 Å². The largest absolute Gasteiger partial charge is 0.433 e. The molecule has 0 aliphatic heterocycles. The zero-order chi connectivity index (χ0) is 14.9. The van der Waals surface area contributed by atoms with Gasteiger partial charge in [0, 0.05) is 17.0 Å². The molecule has 0 N–H and O–H groups in total. The second-order valence-corrected chi connectivity index (χ2v) is 4.99. The van der Waals surface area contributed by atoms with Crippen LogP contribution in [0.4, 0.5) is 13.2 Å². The highest BCUT2D eigenvalue weighted by Crippen LogP contribution is 2.34. The lowest BCUT2D eigenvalue weighted by atomic mass is 10.0. The maximum atomic E-state index is 13.0. The molecule has 2 nitrogen and oxygen atoms in total. The van der Waals surface area contributed by atoms with Crippen molar-refractivity contribution in [2.24, 2.45) is 0 Å². The monoisotopic (exact) mass is 320 g/mol. The lowest BCUT2D eigenvalue weighted by molar-refractivity contribution is -0.141. The van der Waals surface area contributed by atoms with Gasteiger partial charge in [0.2, 0.25) is 0 Å². The summed E-state index contributed by atoms with van der Waals surface area (Å²) in [4.78, 5) is 7.26. The first-order chi connectivity index (χ1) is 9.27. The van der Waals surface area contributed by atoms with Crippen LogP contribution in [0.3, 0.4) is 0 Å². The van der Waals surface area contributed by atoms with Crippen molar-refractivity contribution < 1.29 is 13.2 Å². The summed E-state index contributed by atoms with van der Waals surface area (Å²) in [7, 11) is 0. The van der Waals surface area contributed by atoms with E-state index in [0.717, 1.165) is 0 Å². The maximum absolute atomic E-state index is 13.0. The van der Waals surface area contributed by atoms with E-state index < -0.39 is 11.9 Å². The molecule has 0 unspecified atom stereocenters. The van der Waals surface area contributed by atoms with Gasteiger partial charge in [0.25, 0.3) is 0 Å². The minimum absolute atomic E-state index is 0.0165. The molecule has 0 saturated heterocycles. The molecule has 1 heterocycles. The average molecular weight is 321 g/mol. The van der Waals surface area contributed by atoms with Crippen molar-refractivity contribution in [3.05, 3.63) is 57.1 Å². The van der Waals surface area contributed by atoms with Gasteiger partial charge in [-0.2, -0.15) is 13.2 Å². The van der Waals surface area contributed by atoms with E-state index in [9.17, 15) is 13.2 Å². The van der Waals surface area contributed by atoms with E-state index in [1.165, 1.54) is 6.92 Å². The van der Waals surface area contributed by atoms with Crippen LogP contribution in [-0.2, 0) is 12.6 Å². The van der Waals surface area contributed by atoms with Crippen LogP contribution in [-0.4, -0.2) is 9.97 Å². The van der Waals surface area contributed by atoms with E-state index >= 15 is 0 Å². The van der Waals surface area contributed by atoms with Crippen LogP contribution in [0, 0.1) is 6.92 Å². The van der Waals surface area contributed by atoms with Crippen molar-refractivity contribution in [1.82, 2.24) is 9.97 Å². The molecule has 0 atom stereocenters. The fraction of sp³-hybridized carbons (Fsp3) is 0.231. The Kier molecular flexibility index (Phi) is 4.20. The number of halogens is 5. The number of benzene rings is 1. The Morgan fingerprint density at radius 2 is 1.85 bits per heavy atom. The predicted molar refractivity (Wildman–Crippen MR) is 71.0 cm³/mol. The minimum atomic E-state index is -4.58. The Hall–Kier alpha value is -1.33. The summed E-state index contributed by atoms with van der Waals surface area (Å²) < 4.78 is 39.0. The van der Waals surface area contributed by atoms with E-state index in [0.29, 0.717) is 10.6 Å². The van der Waals surface area contributed by atoms with Crippen molar-refractivity contribution in [2.75, 3.05) is 0 Å². The molecule has 0 aliphatic carbocycles. The smallest absolute Gasteiger partial charge is 0.228 e. The fourth-order valence-corrected chi connectivity index (χ4v) is 2.30. The normalized spacial score (nSPS) is 11.7. The fourth-order valence-electron chi connectivity index (χ4n) is 1.80. The second-order valence-electron chi connectivity index (χ2n) is 4.19. The van der Waals surface area contributed by atoms with Crippen molar-refractivity contribution in [2.45, 2.75) is 19.5 Å². The van der Waals surface area contributed by atoms with Crippen molar-refractivity contribution >= 4 is 23.2 Å². The molecule has 0 amide bonds. The van der Waals surface area contributed by atoms with Crippen LogP contribution in [0.25, 0.3) is 0 Å². The van der Waals surface area contributed by atoms with Crippen molar-refractivity contribution in [1.29, 1.82) is 0 Å². The second kappa shape index (κ2) is 5.58. The molecule has 0 fully saturated rings. The van der Waals surface area contributed by atoms with Gasteiger partial charge in [-0.1, -0.05) is 35.3 Å². The van der Waals surface area contributed by atoms with E-state index in [-0.39, 0.29) is 23.0 Å². The number of aromatic nitrogens is 2. The van der Waals surface area contributed by atoms with Gasteiger partial charge < -0.3 is 0 Å². The Morgan fingerprint density at radius 1 is 1.15 bits per heavy atom. The summed E-state index contributed by atoms with van der Waals surface area (Å²) in [5.74, 6) is -0.0165. The van der Waals surface area contributed by atoms with Gasteiger partial charge in [0.15, 0.2) is 5.69 Å². The highest BCUT2D eigenvalue weighted by Gasteiger charge is 2.37. The van der Waals surface area contributed by atoms with Crippen LogP contribution in [0.2, 0.25) is 10.2 Å². The minimum Gasteiger partial charge on any atom is -0.228 e. The number of nitrogens with zero attached hydrogens (tertiary/aromatic N) is 2. The van der Waals surface area contributed by atoms with E-state index in [1.54, 1.807) is 24.3 Å². The summed E-state index contributed by atoms with van der Waals surface area (Å²) >= 11 is 11.7. The highest BCUT2D eigenvalue weighted by molar-refractivity contribution is 6.30. The molecule has 0 bridgehead atoms. The zero-order valence-electron chi connectivity index (χ0n) is 10.3. The average Bonchev–Trinajstić information content (AvgIpc) is 2.31. The molecule has 0 saturated carbocycles. The molecule has 1 aromatic heterocycles. The molecule has 0 spiro atoms. The summed E-state index contributed by atoms with van der Waals surface area (Å²) in [6.45, 7) is 1.37. The number of hydrogen-bond acceptors (Lipinski definition) is 2. The quantitative estimate of drug-likeness (QED) is 0.749. The summed E-state index contributed by atoms with van der Waals surface area (Å²) in [6.07, 6.45) is -4.61. The lowest BCUT2D eigenvalue weighted by Gasteiger charge is -2.13. The summed E-state index contributed by atoms with van der Waals surface area (Å²) in [6, 6.07) is 6.55. The first kappa shape index (κ1) is 15.1. The van der Waals surface area contributed by atoms with Gasteiger partial charge in [0.05, 0.1) is 0 Å². The molecular formula is C13H9Cl2F3N2.